The zero-order valence-corrected chi connectivity index (χ0v) is 18.8. The topological polar surface area (TPSA) is 0 Å². The van der Waals surface area contributed by atoms with Gasteiger partial charge in [0.1, 0.15) is 0 Å². The summed E-state index contributed by atoms with van der Waals surface area (Å²) < 4.78 is 1.46. The van der Waals surface area contributed by atoms with E-state index in [2.05, 4.69) is 140 Å². The Bertz CT molecular complexity index is 823. The Morgan fingerprint density at radius 3 is 1.46 bits per heavy atom. The molecule has 132 valence electrons. The van der Waals surface area contributed by atoms with Gasteiger partial charge in [-0.05, 0) is 30.3 Å². The summed E-state index contributed by atoms with van der Waals surface area (Å²) >= 11 is 2.61. The molecule has 0 nitrogen and oxygen atoms in total. The van der Waals surface area contributed by atoms with E-state index in [1.54, 1.807) is 0 Å². The lowest BCUT2D eigenvalue weighted by Gasteiger charge is -2.44. The van der Waals surface area contributed by atoms with E-state index in [9.17, 15) is 0 Å². The lowest BCUT2D eigenvalue weighted by molar-refractivity contribution is 0.738. The van der Waals surface area contributed by atoms with Crippen molar-refractivity contribution in [2.24, 2.45) is 0 Å². The molecule has 0 bridgehead atoms. The van der Waals surface area contributed by atoms with Crippen LogP contribution in [0.4, 0.5) is 0 Å². The molecule has 0 saturated carbocycles. The lowest BCUT2D eigenvalue weighted by atomic mass is 10.2. The van der Waals surface area contributed by atoms with Crippen LogP contribution in [0.15, 0.2) is 94.2 Å². The van der Waals surface area contributed by atoms with Gasteiger partial charge in [0, 0.05) is 0 Å². The summed E-state index contributed by atoms with van der Waals surface area (Å²) in [6.45, 7) is 7.20. The summed E-state index contributed by atoms with van der Waals surface area (Å²) in [6, 6.07) is 32.9. The third kappa shape index (κ3) is 3.58. The summed E-state index contributed by atoms with van der Waals surface area (Å²) in [4.78, 5) is 0. The monoisotopic (exact) mass is 468 g/mol. The number of rotatable bonds is 4. The molecule has 0 spiro atoms. The van der Waals surface area contributed by atoms with E-state index in [1.165, 1.54) is 19.1 Å². The molecular weight excluding hydrogens is 443 g/mol. The summed E-state index contributed by atoms with van der Waals surface area (Å²) in [5, 5.41) is 3.07. The first-order valence-electron chi connectivity index (χ1n) is 9.00. The van der Waals surface area contributed by atoms with Crippen molar-refractivity contribution in [3.63, 3.8) is 0 Å². The first-order valence-corrected chi connectivity index (χ1v) is 12.1. The highest BCUT2D eigenvalue weighted by Crippen LogP contribution is 2.43. The Morgan fingerprint density at radius 2 is 1.08 bits per heavy atom. The van der Waals surface area contributed by atoms with Crippen LogP contribution in [0.1, 0.15) is 26.3 Å². The largest absolute Gasteiger partial charge is 0.160 e. The second-order valence-corrected chi connectivity index (χ2v) is 14.5. The van der Waals surface area contributed by atoms with E-state index in [4.69, 9.17) is 0 Å². The smallest absolute Gasteiger partial charge is 0.0624 e. The van der Waals surface area contributed by atoms with E-state index in [0.717, 1.165) is 0 Å². The molecule has 0 aliphatic rings. The summed E-state index contributed by atoms with van der Waals surface area (Å²) in [5.41, 5.74) is 1.27. The fourth-order valence-corrected chi connectivity index (χ4v) is 13.6. The van der Waals surface area contributed by atoms with Crippen molar-refractivity contribution < 1.29 is 0 Å². The molecule has 0 heterocycles. The normalized spacial score (nSPS) is 12.8. The van der Waals surface area contributed by atoms with Crippen molar-refractivity contribution >= 4 is 47.1 Å². The van der Waals surface area contributed by atoms with Crippen LogP contribution in [0, 0.1) is 0 Å². The predicted molar refractivity (Wildman–Crippen MR) is 126 cm³/mol. The van der Waals surface area contributed by atoms with Crippen molar-refractivity contribution in [1.82, 2.24) is 0 Å². The SMILES string of the molecule is CC(C)(C)[Si](/C(I)=C/c1ccccc1)(c1ccccc1)c1ccccc1. The summed E-state index contributed by atoms with van der Waals surface area (Å²) in [7, 11) is -2.19. The average molecular weight is 468 g/mol. The molecule has 0 radical (unpaired) electrons. The van der Waals surface area contributed by atoms with Gasteiger partial charge in [-0.3, -0.25) is 0 Å². The highest BCUT2D eigenvalue weighted by molar-refractivity contribution is 14.1. The van der Waals surface area contributed by atoms with Crippen molar-refractivity contribution in [2.75, 3.05) is 0 Å². The first-order chi connectivity index (χ1) is 12.5. The average Bonchev–Trinajstić information content (AvgIpc) is 2.64. The van der Waals surface area contributed by atoms with E-state index in [1.807, 2.05) is 0 Å². The van der Waals surface area contributed by atoms with Gasteiger partial charge in [-0.2, -0.15) is 0 Å². The fraction of sp³-hybridized carbons (Fsp3) is 0.167. The Morgan fingerprint density at radius 1 is 0.692 bits per heavy atom. The van der Waals surface area contributed by atoms with E-state index in [-0.39, 0.29) is 5.04 Å². The molecule has 3 rings (SSSR count). The molecular formula is C24H25ISi. The molecule has 0 aliphatic heterocycles. The standard InChI is InChI=1S/C24H25ISi/c1-24(2,3)26(21-15-9-5-10-16-21,22-17-11-6-12-18-22)23(25)19-20-13-7-4-8-14-20/h4-19H,1-3H3/b23-19+. The van der Waals surface area contributed by atoms with Gasteiger partial charge in [-0.1, -0.05) is 134 Å². The number of benzene rings is 3. The van der Waals surface area contributed by atoms with Gasteiger partial charge in [0.15, 0.2) is 8.07 Å². The van der Waals surface area contributed by atoms with E-state index >= 15 is 0 Å². The van der Waals surface area contributed by atoms with Gasteiger partial charge < -0.3 is 0 Å². The molecule has 0 atom stereocenters. The van der Waals surface area contributed by atoms with Gasteiger partial charge in [0.05, 0.1) is 0 Å². The van der Waals surface area contributed by atoms with Gasteiger partial charge in [-0.15, -0.1) is 0 Å². The van der Waals surface area contributed by atoms with Crippen molar-refractivity contribution in [1.29, 1.82) is 0 Å². The van der Waals surface area contributed by atoms with Crippen LogP contribution in [0.25, 0.3) is 6.08 Å². The predicted octanol–water partition coefficient (Wildman–Crippen LogP) is 6.07. The molecule has 3 aromatic carbocycles. The highest BCUT2D eigenvalue weighted by atomic mass is 127. The van der Waals surface area contributed by atoms with E-state index in [0.29, 0.717) is 0 Å². The van der Waals surface area contributed by atoms with Crippen LogP contribution in [0.2, 0.25) is 5.04 Å². The fourth-order valence-electron chi connectivity index (χ4n) is 3.85. The Labute approximate surface area is 172 Å². The second-order valence-electron chi connectivity index (χ2n) is 7.64. The Hall–Kier alpha value is -1.65. The van der Waals surface area contributed by atoms with Crippen LogP contribution in [-0.2, 0) is 0 Å². The third-order valence-corrected chi connectivity index (χ3v) is 13.2. The summed E-state index contributed by atoms with van der Waals surface area (Å²) in [5.74, 6) is 0. The van der Waals surface area contributed by atoms with Crippen LogP contribution in [0.5, 0.6) is 0 Å². The minimum absolute atomic E-state index is 0.136. The number of halogens is 1. The quantitative estimate of drug-likeness (QED) is 0.322. The lowest BCUT2D eigenvalue weighted by Crippen LogP contribution is -2.64. The summed E-state index contributed by atoms with van der Waals surface area (Å²) in [6.07, 6.45) is 2.39. The molecule has 0 aromatic heterocycles. The van der Waals surface area contributed by atoms with Crippen molar-refractivity contribution in [2.45, 2.75) is 25.8 Å². The molecule has 0 saturated heterocycles. The molecule has 0 fully saturated rings. The van der Waals surface area contributed by atoms with Crippen molar-refractivity contribution in [3.05, 3.63) is 99.8 Å². The van der Waals surface area contributed by atoms with Crippen LogP contribution >= 0.6 is 22.6 Å². The van der Waals surface area contributed by atoms with Crippen LogP contribution in [-0.4, -0.2) is 8.07 Å². The Kier molecular flexibility index (Phi) is 5.83. The van der Waals surface area contributed by atoms with E-state index < -0.39 is 8.07 Å². The van der Waals surface area contributed by atoms with Gasteiger partial charge in [0.2, 0.25) is 0 Å². The third-order valence-electron chi connectivity index (χ3n) is 4.99. The number of hydrogen-bond donors (Lipinski definition) is 0. The second kappa shape index (κ2) is 7.93. The minimum atomic E-state index is -2.19. The van der Waals surface area contributed by atoms with Crippen molar-refractivity contribution in [3.8, 4) is 0 Å². The molecule has 0 unspecified atom stereocenters. The zero-order chi connectivity index (χ0) is 18.6. The zero-order valence-electron chi connectivity index (χ0n) is 15.6. The van der Waals surface area contributed by atoms with Crippen LogP contribution < -0.4 is 10.4 Å². The maximum atomic E-state index is 2.61. The minimum Gasteiger partial charge on any atom is -0.0624 e. The van der Waals surface area contributed by atoms with Gasteiger partial charge >= 0.3 is 0 Å². The molecule has 2 heteroatoms. The molecule has 0 aliphatic carbocycles. The molecule has 0 amide bonds. The molecule has 0 N–H and O–H groups in total. The first kappa shape index (κ1) is 19.1. The maximum Gasteiger partial charge on any atom is 0.160 e. The van der Waals surface area contributed by atoms with Gasteiger partial charge in [0.25, 0.3) is 0 Å². The highest BCUT2D eigenvalue weighted by Gasteiger charge is 2.49. The number of hydrogen-bond acceptors (Lipinski definition) is 0. The molecule has 26 heavy (non-hydrogen) atoms. The maximum absolute atomic E-state index is 2.61. The Balaban J connectivity index is 2.33. The molecule has 3 aromatic rings. The van der Waals surface area contributed by atoms with Crippen LogP contribution in [0.3, 0.4) is 0 Å². The van der Waals surface area contributed by atoms with Gasteiger partial charge in [-0.25, -0.2) is 0 Å².